The number of nitrogens with one attached hydrogen (secondary N) is 1. The lowest BCUT2D eigenvalue weighted by Crippen LogP contribution is -1.87. The number of benzene rings is 2. The predicted molar refractivity (Wildman–Crippen MR) is 72.1 cm³/mol. The average molecular weight is 213 g/mol. The molecule has 0 spiro atoms. The SMILES string of the molecule is CCC.c1ccc(Nc2ccccc2)cc1. The third-order valence-electron chi connectivity index (χ3n) is 1.84. The zero-order chi connectivity index (χ0) is 11.6. The first-order valence-corrected chi connectivity index (χ1v) is 5.74. The van der Waals surface area contributed by atoms with E-state index in [1.807, 2.05) is 60.7 Å². The van der Waals surface area contributed by atoms with Gasteiger partial charge in [0.05, 0.1) is 0 Å². The lowest BCUT2D eigenvalue weighted by atomic mass is 10.3. The van der Waals surface area contributed by atoms with Crippen molar-refractivity contribution in [3.8, 4) is 0 Å². The van der Waals surface area contributed by atoms with Gasteiger partial charge in [-0.15, -0.1) is 0 Å². The molecule has 0 atom stereocenters. The highest BCUT2D eigenvalue weighted by molar-refractivity contribution is 5.58. The Morgan fingerprint density at radius 1 is 0.688 bits per heavy atom. The molecule has 0 radical (unpaired) electrons. The van der Waals surface area contributed by atoms with Crippen LogP contribution < -0.4 is 5.32 Å². The molecule has 0 saturated carbocycles. The van der Waals surface area contributed by atoms with E-state index in [9.17, 15) is 0 Å². The van der Waals surface area contributed by atoms with Crippen LogP contribution in [0.5, 0.6) is 0 Å². The van der Waals surface area contributed by atoms with Gasteiger partial charge >= 0.3 is 0 Å². The summed E-state index contributed by atoms with van der Waals surface area (Å²) in [5, 5.41) is 3.30. The summed E-state index contributed by atoms with van der Waals surface area (Å²) in [6, 6.07) is 20.3. The Labute approximate surface area is 98.1 Å². The highest BCUT2D eigenvalue weighted by Crippen LogP contribution is 2.14. The first-order valence-electron chi connectivity index (χ1n) is 5.74. The van der Waals surface area contributed by atoms with Gasteiger partial charge in [0.25, 0.3) is 0 Å². The van der Waals surface area contributed by atoms with Gasteiger partial charge < -0.3 is 5.32 Å². The second-order valence-electron chi connectivity index (χ2n) is 3.56. The van der Waals surface area contributed by atoms with Crippen molar-refractivity contribution < 1.29 is 0 Å². The van der Waals surface area contributed by atoms with E-state index in [2.05, 4.69) is 19.2 Å². The monoisotopic (exact) mass is 213 g/mol. The van der Waals surface area contributed by atoms with Gasteiger partial charge in [-0.1, -0.05) is 56.7 Å². The highest BCUT2D eigenvalue weighted by Gasteiger charge is 1.89. The van der Waals surface area contributed by atoms with Crippen molar-refractivity contribution in [2.75, 3.05) is 5.32 Å². The third-order valence-corrected chi connectivity index (χ3v) is 1.84. The number of para-hydroxylation sites is 2. The minimum Gasteiger partial charge on any atom is -0.356 e. The van der Waals surface area contributed by atoms with Crippen LogP contribution in [0.3, 0.4) is 0 Å². The molecule has 0 aromatic heterocycles. The molecule has 0 aliphatic carbocycles. The summed E-state index contributed by atoms with van der Waals surface area (Å²) in [6.07, 6.45) is 1.25. The molecule has 0 aliphatic rings. The maximum atomic E-state index is 3.30. The summed E-state index contributed by atoms with van der Waals surface area (Å²) in [5.41, 5.74) is 2.24. The maximum absolute atomic E-state index is 3.30. The molecule has 0 amide bonds. The van der Waals surface area contributed by atoms with Crippen molar-refractivity contribution in [2.24, 2.45) is 0 Å². The number of hydrogen-bond donors (Lipinski definition) is 1. The summed E-state index contributed by atoms with van der Waals surface area (Å²) in [6.45, 7) is 4.25. The molecule has 0 fully saturated rings. The molecule has 0 heterocycles. The molecule has 0 unspecified atom stereocenters. The Kier molecular flexibility index (Phi) is 5.79. The van der Waals surface area contributed by atoms with Crippen molar-refractivity contribution in [3.63, 3.8) is 0 Å². The van der Waals surface area contributed by atoms with Gasteiger partial charge in [0, 0.05) is 11.4 Å². The van der Waals surface area contributed by atoms with Crippen LogP contribution in [0, 0.1) is 0 Å². The Balaban J connectivity index is 0.000000386. The van der Waals surface area contributed by atoms with E-state index in [1.54, 1.807) is 0 Å². The zero-order valence-electron chi connectivity index (χ0n) is 9.98. The lowest BCUT2D eigenvalue weighted by Gasteiger charge is -2.04. The molecule has 2 aromatic carbocycles. The predicted octanol–water partition coefficient (Wildman–Crippen LogP) is 4.85. The Hall–Kier alpha value is -1.76. The molecule has 1 N–H and O–H groups in total. The smallest absolute Gasteiger partial charge is 0.0384 e. The van der Waals surface area contributed by atoms with E-state index in [0.29, 0.717) is 0 Å². The fourth-order valence-electron chi connectivity index (χ4n) is 1.21. The molecule has 0 bridgehead atoms. The molecule has 0 saturated heterocycles. The van der Waals surface area contributed by atoms with Crippen molar-refractivity contribution in [1.82, 2.24) is 0 Å². The fourth-order valence-corrected chi connectivity index (χ4v) is 1.21. The van der Waals surface area contributed by atoms with Crippen LogP contribution in [0.2, 0.25) is 0 Å². The number of rotatable bonds is 2. The molecule has 2 aromatic rings. The molecule has 16 heavy (non-hydrogen) atoms. The summed E-state index contributed by atoms with van der Waals surface area (Å²) < 4.78 is 0. The van der Waals surface area contributed by atoms with Crippen LogP contribution in [0.4, 0.5) is 11.4 Å². The zero-order valence-corrected chi connectivity index (χ0v) is 9.98. The number of anilines is 2. The van der Waals surface area contributed by atoms with Gasteiger partial charge in [0.2, 0.25) is 0 Å². The van der Waals surface area contributed by atoms with Crippen LogP contribution in [-0.4, -0.2) is 0 Å². The van der Waals surface area contributed by atoms with Gasteiger partial charge in [-0.25, -0.2) is 0 Å². The normalized spacial score (nSPS) is 8.88. The van der Waals surface area contributed by atoms with Crippen molar-refractivity contribution in [2.45, 2.75) is 20.3 Å². The van der Waals surface area contributed by atoms with Crippen molar-refractivity contribution in [3.05, 3.63) is 60.7 Å². The minimum atomic E-state index is 1.12. The Bertz CT molecular complexity index is 330. The van der Waals surface area contributed by atoms with Gasteiger partial charge in [-0.05, 0) is 24.3 Å². The van der Waals surface area contributed by atoms with E-state index in [4.69, 9.17) is 0 Å². The van der Waals surface area contributed by atoms with Crippen LogP contribution in [0.25, 0.3) is 0 Å². The van der Waals surface area contributed by atoms with E-state index in [-0.39, 0.29) is 0 Å². The lowest BCUT2D eigenvalue weighted by molar-refractivity contribution is 1.09. The van der Waals surface area contributed by atoms with E-state index >= 15 is 0 Å². The number of hydrogen-bond acceptors (Lipinski definition) is 1. The Morgan fingerprint density at radius 2 is 1.00 bits per heavy atom. The first kappa shape index (κ1) is 12.3. The first-order chi connectivity index (χ1) is 7.86. The van der Waals surface area contributed by atoms with E-state index in [0.717, 1.165) is 11.4 Å². The summed E-state index contributed by atoms with van der Waals surface area (Å²) in [7, 11) is 0. The van der Waals surface area contributed by atoms with Gasteiger partial charge in [0.1, 0.15) is 0 Å². The van der Waals surface area contributed by atoms with E-state index < -0.39 is 0 Å². The molecule has 1 heteroatoms. The van der Waals surface area contributed by atoms with Gasteiger partial charge in [0.15, 0.2) is 0 Å². The van der Waals surface area contributed by atoms with E-state index in [1.165, 1.54) is 6.42 Å². The maximum Gasteiger partial charge on any atom is 0.0384 e. The highest BCUT2D eigenvalue weighted by atomic mass is 14.9. The molecular formula is C15H19N. The third kappa shape index (κ3) is 4.65. The van der Waals surface area contributed by atoms with Crippen LogP contribution >= 0.6 is 0 Å². The van der Waals surface area contributed by atoms with Crippen LogP contribution in [0.1, 0.15) is 20.3 Å². The Morgan fingerprint density at radius 3 is 1.31 bits per heavy atom. The van der Waals surface area contributed by atoms with Gasteiger partial charge in [-0.3, -0.25) is 0 Å². The molecule has 2 rings (SSSR count). The van der Waals surface area contributed by atoms with Gasteiger partial charge in [-0.2, -0.15) is 0 Å². The van der Waals surface area contributed by atoms with Crippen LogP contribution in [-0.2, 0) is 0 Å². The molecule has 84 valence electrons. The summed E-state index contributed by atoms with van der Waals surface area (Å²) in [5.74, 6) is 0. The van der Waals surface area contributed by atoms with Crippen LogP contribution in [0.15, 0.2) is 60.7 Å². The molecule has 1 nitrogen and oxygen atoms in total. The molecular weight excluding hydrogens is 194 g/mol. The van der Waals surface area contributed by atoms with Crippen molar-refractivity contribution in [1.29, 1.82) is 0 Å². The average Bonchev–Trinajstić information content (AvgIpc) is 2.33. The standard InChI is InChI=1S/C12H11N.C3H8/c1-3-7-11(8-4-1)13-12-9-5-2-6-10-12;1-3-2/h1-10,13H;3H2,1-2H3. The summed E-state index contributed by atoms with van der Waals surface area (Å²) >= 11 is 0. The minimum absolute atomic E-state index is 1.12. The quantitative estimate of drug-likeness (QED) is 0.752. The topological polar surface area (TPSA) is 12.0 Å². The fraction of sp³-hybridized carbons (Fsp3) is 0.200. The second-order valence-corrected chi connectivity index (χ2v) is 3.56. The largest absolute Gasteiger partial charge is 0.356 e. The second kappa shape index (κ2) is 7.52. The summed E-state index contributed by atoms with van der Waals surface area (Å²) in [4.78, 5) is 0. The molecule has 0 aliphatic heterocycles. The van der Waals surface area contributed by atoms with Crippen molar-refractivity contribution >= 4 is 11.4 Å².